The van der Waals surface area contributed by atoms with Crippen LogP contribution in [-0.4, -0.2) is 85.8 Å². The third kappa shape index (κ3) is 28.0. The lowest BCUT2D eigenvalue weighted by atomic mass is 10.4. The molecule has 0 heterocycles. The van der Waals surface area contributed by atoms with Crippen molar-refractivity contribution < 1.29 is 57.9 Å². The van der Waals surface area contributed by atoms with Crippen molar-refractivity contribution >= 4 is 29.8 Å². The van der Waals surface area contributed by atoms with Gasteiger partial charge < -0.3 is 33.9 Å². The Balaban J connectivity index is -0.000000426. The molecule has 1 atom stereocenters. The van der Waals surface area contributed by atoms with Crippen LogP contribution in [0.2, 0.25) is 0 Å². The molecule has 0 bridgehead atoms. The standard InChI is InChI=1S/2C8H10O4.C6H10O4/c2*1-3-7(9)11-5-6-12-8(10)4-2;1-2-6(9)10-4-5(8)3-7/h2*3-4H,1-2,5-6H2;2,5,7-8H,1,3-4H2. The summed E-state index contributed by atoms with van der Waals surface area (Å²) in [4.78, 5) is 52.0. The van der Waals surface area contributed by atoms with Crippen molar-refractivity contribution in [3.05, 3.63) is 63.3 Å². The van der Waals surface area contributed by atoms with Gasteiger partial charge in [-0.05, 0) is 0 Å². The van der Waals surface area contributed by atoms with Crippen molar-refractivity contribution in [1.29, 1.82) is 0 Å². The lowest BCUT2D eigenvalue weighted by Crippen LogP contribution is -2.21. The number of hydrogen-bond acceptors (Lipinski definition) is 12. The molecule has 0 aliphatic rings. The van der Waals surface area contributed by atoms with Crippen molar-refractivity contribution in [1.82, 2.24) is 0 Å². The summed E-state index contributed by atoms with van der Waals surface area (Å²) < 4.78 is 22.4. The number of carbonyl (C=O) groups is 5. The molecule has 0 aliphatic heterocycles. The second kappa shape index (κ2) is 25.2. The summed E-state index contributed by atoms with van der Waals surface area (Å²) in [6.07, 6.45) is 4.14. The zero-order valence-corrected chi connectivity index (χ0v) is 18.7. The van der Waals surface area contributed by atoms with E-state index in [1.807, 2.05) is 0 Å². The highest BCUT2D eigenvalue weighted by Gasteiger charge is 2.03. The minimum Gasteiger partial charge on any atom is -0.460 e. The van der Waals surface area contributed by atoms with Crippen molar-refractivity contribution in [3.8, 4) is 0 Å². The van der Waals surface area contributed by atoms with E-state index in [2.05, 4.69) is 56.6 Å². The zero-order chi connectivity index (χ0) is 26.8. The molecule has 12 nitrogen and oxygen atoms in total. The largest absolute Gasteiger partial charge is 0.460 e. The Hall–Kier alpha value is -4.03. The molecule has 0 radical (unpaired) electrons. The average molecular weight is 486 g/mol. The summed E-state index contributed by atoms with van der Waals surface area (Å²) >= 11 is 0. The molecule has 0 fully saturated rings. The van der Waals surface area contributed by atoms with Crippen LogP contribution in [0, 0.1) is 0 Å². The predicted molar refractivity (Wildman–Crippen MR) is 119 cm³/mol. The third-order valence-electron chi connectivity index (χ3n) is 2.61. The second-order valence-corrected chi connectivity index (χ2v) is 5.16. The van der Waals surface area contributed by atoms with Crippen LogP contribution >= 0.6 is 0 Å². The molecule has 0 amide bonds. The number of carbonyl (C=O) groups excluding carboxylic acids is 5. The summed E-state index contributed by atoms with van der Waals surface area (Å²) in [7, 11) is 0. The third-order valence-corrected chi connectivity index (χ3v) is 2.61. The fourth-order valence-corrected chi connectivity index (χ4v) is 1.09. The van der Waals surface area contributed by atoms with Gasteiger partial charge in [-0.3, -0.25) is 0 Å². The molecular weight excluding hydrogens is 456 g/mol. The average Bonchev–Trinajstić information content (AvgIpc) is 2.87. The predicted octanol–water partition coefficient (Wildman–Crippen LogP) is -0.0416. The quantitative estimate of drug-likeness (QED) is 0.145. The molecule has 0 saturated carbocycles. The Kier molecular flexibility index (Phi) is 25.7. The maximum absolute atomic E-state index is 10.4. The van der Waals surface area contributed by atoms with Crippen molar-refractivity contribution in [2.45, 2.75) is 6.10 Å². The summed E-state index contributed by atoms with van der Waals surface area (Å²) in [5, 5.41) is 16.9. The van der Waals surface area contributed by atoms with Crippen LogP contribution in [0.5, 0.6) is 0 Å². The molecule has 0 spiro atoms. The first-order valence-corrected chi connectivity index (χ1v) is 9.36. The number of aliphatic hydroxyl groups excluding tert-OH is 2. The van der Waals surface area contributed by atoms with Crippen molar-refractivity contribution in [2.24, 2.45) is 0 Å². The molecule has 34 heavy (non-hydrogen) atoms. The minimum absolute atomic E-state index is 0.0322. The molecule has 12 heteroatoms. The molecule has 2 N–H and O–H groups in total. The number of rotatable bonds is 14. The van der Waals surface area contributed by atoms with Gasteiger partial charge in [0, 0.05) is 30.4 Å². The van der Waals surface area contributed by atoms with Crippen LogP contribution in [-0.2, 0) is 47.7 Å². The van der Waals surface area contributed by atoms with Gasteiger partial charge in [0.05, 0.1) is 6.61 Å². The lowest BCUT2D eigenvalue weighted by molar-refractivity contribution is -0.146. The monoisotopic (exact) mass is 486 g/mol. The van der Waals surface area contributed by atoms with Gasteiger partial charge in [0.1, 0.15) is 39.1 Å². The number of esters is 5. The van der Waals surface area contributed by atoms with Crippen LogP contribution in [0.15, 0.2) is 63.3 Å². The molecule has 1 unspecified atom stereocenters. The molecule has 0 saturated heterocycles. The van der Waals surface area contributed by atoms with Gasteiger partial charge in [-0.2, -0.15) is 0 Å². The van der Waals surface area contributed by atoms with Gasteiger partial charge in [0.25, 0.3) is 0 Å². The van der Waals surface area contributed by atoms with Crippen LogP contribution < -0.4 is 0 Å². The molecular formula is C22H30O12. The SMILES string of the molecule is C=CC(=O)OCC(O)CO.C=CC(=O)OCCOC(=O)C=C.C=CC(=O)OCCOC(=O)C=C. The minimum atomic E-state index is -0.996. The fourth-order valence-electron chi connectivity index (χ4n) is 1.09. The number of aliphatic hydroxyl groups is 2. The van der Waals surface area contributed by atoms with E-state index in [0.717, 1.165) is 30.4 Å². The fraction of sp³-hybridized carbons (Fsp3) is 0.318. The van der Waals surface area contributed by atoms with Crippen molar-refractivity contribution in [2.75, 3.05) is 39.6 Å². The van der Waals surface area contributed by atoms with E-state index in [0.29, 0.717) is 0 Å². The van der Waals surface area contributed by atoms with E-state index >= 15 is 0 Å². The van der Waals surface area contributed by atoms with Gasteiger partial charge in [0.15, 0.2) is 0 Å². The second-order valence-electron chi connectivity index (χ2n) is 5.16. The van der Waals surface area contributed by atoms with Crippen LogP contribution in [0.4, 0.5) is 0 Å². The highest BCUT2D eigenvalue weighted by Crippen LogP contribution is 1.85. The smallest absolute Gasteiger partial charge is 0.330 e. The normalized spacial score (nSPS) is 9.47. The summed E-state index contributed by atoms with van der Waals surface area (Å²) in [5.74, 6) is -2.75. The van der Waals surface area contributed by atoms with E-state index in [4.69, 9.17) is 10.2 Å². The highest BCUT2D eigenvalue weighted by molar-refractivity contribution is 5.82. The van der Waals surface area contributed by atoms with E-state index in [-0.39, 0.29) is 33.0 Å². The van der Waals surface area contributed by atoms with E-state index in [1.165, 1.54) is 0 Å². The summed E-state index contributed by atoms with van der Waals surface area (Å²) in [5.41, 5.74) is 0. The molecule has 0 aromatic carbocycles. The number of hydrogen-bond donors (Lipinski definition) is 2. The van der Waals surface area contributed by atoms with E-state index in [9.17, 15) is 24.0 Å². The summed E-state index contributed by atoms with van der Waals surface area (Å²) in [6, 6.07) is 0. The van der Waals surface area contributed by atoms with Crippen molar-refractivity contribution in [3.63, 3.8) is 0 Å². The molecule has 0 rings (SSSR count). The van der Waals surface area contributed by atoms with Gasteiger partial charge in [-0.15, -0.1) is 0 Å². The first-order valence-electron chi connectivity index (χ1n) is 9.36. The van der Waals surface area contributed by atoms with Crippen LogP contribution in [0.1, 0.15) is 0 Å². The topological polar surface area (TPSA) is 172 Å². The van der Waals surface area contributed by atoms with Gasteiger partial charge in [-0.1, -0.05) is 32.9 Å². The first-order chi connectivity index (χ1) is 16.1. The first kappa shape index (κ1) is 34.6. The Labute approximate surface area is 197 Å². The van der Waals surface area contributed by atoms with Crippen LogP contribution in [0.25, 0.3) is 0 Å². The van der Waals surface area contributed by atoms with Gasteiger partial charge in [0.2, 0.25) is 0 Å². The van der Waals surface area contributed by atoms with E-state index < -0.39 is 42.6 Å². The molecule has 190 valence electrons. The van der Waals surface area contributed by atoms with Crippen LogP contribution in [0.3, 0.4) is 0 Å². The molecule has 0 aliphatic carbocycles. The Bertz CT molecular complexity index is 608. The van der Waals surface area contributed by atoms with E-state index in [1.54, 1.807) is 0 Å². The molecule has 0 aromatic rings. The maximum atomic E-state index is 10.4. The summed E-state index contributed by atoms with van der Waals surface area (Å²) in [6.45, 7) is 15.4. The lowest BCUT2D eigenvalue weighted by Gasteiger charge is -2.05. The van der Waals surface area contributed by atoms with Gasteiger partial charge in [-0.25, -0.2) is 24.0 Å². The maximum Gasteiger partial charge on any atom is 0.330 e. The Morgan fingerprint density at radius 3 is 1.00 bits per heavy atom. The van der Waals surface area contributed by atoms with Gasteiger partial charge >= 0.3 is 29.8 Å². The number of ether oxygens (including phenoxy) is 5. The highest BCUT2D eigenvalue weighted by atomic mass is 16.6. The molecule has 0 aromatic heterocycles. The Morgan fingerprint density at radius 1 is 0.559 bits per heavy atom. The zero-order valence-electron chi connectivity index (χ0n) is 18.7. The Morgan fingerprint density at radius 2 is 0.794 bits per heavy atom.